The molecule has 9 heteroatoms. The lowest BCUT2D eigenvalue weighted by Gasteiger charge is -2.43. The van der Waals surface area contributed by atoms with Gasteiger partial charge >= 0.3 is 0 Å². The highest BCUT2D eigenvalue weighted by molar-refractivity contribution is 7.89. The fraction of sp³-hybridized carbons (Fsp3) is 0.360. The molecule has 0 bridgehead atoms. The van der Waals surface area contributed by atoms with Crippen LogP contribution in [0.5, 0.6) is 5.75 Å². The van der Waals surface area contributed by atoms with Gasteiger partial charge in [0.25, 0.3) is 15.9 Å². The summed E-state index contributed by atoms with van der Waals surface area (Å²) in [5.74, 6) is 0.423. The molecule has 34 heavy (non-hydrogen) atoms. The van der Waals surface area contributed by atoms with Crippen molar-refractivity contribution in [2.75, 3.05) is 13.1 Å². The first kappa shape index (κ1) is 24.0. The molecule has 0 aliphatic carbocycles. The van der Waals surface area contributed by atoms with E-state index in [0.29, 0.717) is 30.7 Å². The average Bonchev–Trinajstić information content (AvgIpc) is 3.27. The van der Waals surface area contributed by atoms with Crippen molar-refractivity contribution >= 4 is 15.9 Å². The maximum Gasteiger partial charge on any atom is 0.262 e. The third kappa shape index (κ3) is 5.00. The Kier molecular flexibility index (Phi) is 6.77. The van der Waals surface area contributed by atoms with Crippen LogP contribution in [0.2, 0.25) is 0 Å². The van der Waals surface area contributed by atoms with Gasteiger partial charge in [0.2, 0.25) is 0 Å². The van der Waals surface area contributed by atoms with Crippen molar-refractivity contribution in [2.45, 2.75) is 43.4 Å². The molecule has 8 nitrogen and oxygen atoms in total. The first-order valence-corrected chi connectivity index (χ1v) is 12.8. The van der Waals surface area contributed by atoms with Crippen LogP contribution in [-0.4, -0.2) is 47.4 Å². The number of carbonyl (C=O) groups excluding carboxylic acids is 1. The number of benzene rings is 2. The molecule has 2 aromatic carbocycles. The zero-order valence-corrected chi connectivity index (χ0v) is 20.5. The van der Waals surface area contributed by atoms with Crippen LogP contribution in [0.3, 0.4) is 0 Å². The van der Waals surface area contributed by atoms with Gasteiger partial charge in [-0.2, -0.15) is 4.31 Å². The third-order valence-corrected chi connectivity index (χ3v) is 7.64. The number of hydrogen-bond donors (Lipinski definition) is 1. The van der Waals surface area contributed by atoms with Crippen LogP contribution in [-0.2, 0) is 22.6 Å². The zero-order chi connectivity index (χ0) is 24.3. The first-order chi connectivity index (χ1) is 16.2. The normalized spacial score (nSPS) is 19.2. The second-order valence-corrected chi connectivity index (χ2v) is 10.8. The Morgan fingerprint density at radius 1 is 1.12 bits per heavy atom. The van der Waals surface area contributed by atoms with Crippen LogP contribution >= 0.6 is 0 Å². The number of piperidine rings is 1. The molecule has 1 N–H and O–H groups in total. The van der Waals surface area contributed by atoms with E-state index in [1.54, 1.807) is 35.9 Å². The highest BCUT2D eigenvalue weighted by Crippen LogP contribution is 2.34. The lowest BCUT2D eigenvalue weighted by molar-refractivity contribution is 0.0844. The van der Waals surface area contributed by atoms with Gasteiger partial charge in [-0.25, -0.2) is 13.4 Å². The van der Waals surface area contributed by atoms with Gasteiger partial charge in [-0.15, -0.1) is 0 Å². The van der Waals surface area contributed by atoms with E-state index >= 15 is 0 Å². The number of nitrogens with zero attached hydrogens (tertiary/aromatic N) is 3. The van der Waals surface area contributed by atoms with E-state index in [0.717, 1.165) is 5.56 Å². The summed E-state index contributed by atoms with van der Waals surface area (Å²) in [5, 5.41) is 3.18. The molecule has 180 valence electrons. The number of ether oxygens (including phenoxy) is 1. The first-order valence-electron chi connectivity index (χ1n) is 11.3. The van der Waals surface area contributed by atoms with Crippen molar-refractivity contribution < 1.29 is 17.9 Å². The average molecular weight is 483 g/mol. The minimum absolute atomic E-state index is 0.00549. The van der Waals surface area contributed by atoms with Crippen LogP contribution in [0.15, 0.2) is 72.1 Å². The van der Waals surface area contributed by atoms with Gasteiger partial charge in [0.1, 0.15) is 5.75 Å². The SMILES string of the molecule is CC(C)Oc1ccc(C(=O)NC2(c3ccccc3)CCCN(S(=O)(=O)c3cn(C)cn3)C2)cc1. The monoisotopic (exact) mass is 482 g/mol. The molecular formula is C25H30N4O4S. The Labute approximate surface area is 200 Å². The summed E-state index contributed by atoms with van der Waals surface area (Å²) in [5.41, 5.74) is 0.478. The second kappa shape index (κ2) is 9.60. The van der Waals surface area contributed by atoms with Crippen molar-refractivity contribution in [1.29, 1.82) is 0 Å². The van der Waals surface area contributed by atoms with E-state index in [-0.39, 0.29) is 23.6 Å². The molecule has 1 aromatic heterocycles. The van der Waals surface area contributed by atoms with Crippen molar-refractivity contribution in [1.82, 2.24) is 19.2 Å². The van der Waals surface area contributed by atoms with E-state index in [1.165, 1.54) is 16.8 Å². The number of rotatable bonds is 7. The Bertz CT molecular complexity index is 1240. The van der Waals surface area contributed by atoms with Crippen molar-refractivity contribution in [3.8, 4) is 5.75 Å². The largest absolute Gasteiger partial charge is 0.491 e. The maximum atomic E-state index is 13.3. The summed E-state index contributed by atoms with van der Waals surface area (Å²) >= 11 is 0. The van der Waals surface area contributed by atoms with Crippen LogP contribution in [0, 0.1) is 0 Å². The van der Waals surface area contributed by atoms with Crippen LogP contribution in [0.25, 0.3) is 0 Å². The molecule has 1 fully saturated rings. The number of aryl methyl sites for hydroxylation is 1. The highest BCUT2D eigenvalue weighted by atomic mass is 32.2. The number of carbonyl (C=O) groups is 1. The van der Waals surface area contributed by atoms with Gasteiger partial charge in [0.15, 0.2) is 5.03 Å². The Balaban J connectivity index is 1.64. The zero-order valence-electron chi connectivity index (χ0n) is 19.6. The molecule has 2 heterocycles. The number of amides is 1. The van der Waals surface area contributed by atoms with Crippen molar-refractivity contribution in [3.63, 3.8) is 0 Å². The van der Waals surface area contributed by atoms with Gasteiger partial charge < -0.3 is 14.6 Å². The summed E-state index contributed by atoms with van der Waals surface area (Å²) < 4.78 is 35.3. The van der Waals surface area contributed by atoms with Crippen molar-refractivity contribution in [2.24, 2.45) is 7.05 Å². The van der Waals surface area contributed by atoms with Crippen LogP contribution in [0.4, 0.5) is 0 Å². The lowest BCUT2D eigenvalue weighted by Crippen LogP contribution is -2.57. The second-order valence-electron chi connectivity index (χ2n) is 8.91. The topological polar surface area (TPSA) is 93.5 Å². The number of imidazole rings is 1. The highest BCUT2D eigenvalue weighted by Gasteiger charge is 2.43. The summed E-state index contributed by atoms with van der Waals surface area (Å²) in [6.45, 7) is 4.37. The fourth-order valence-electron chi connectivity index (χ4n) is 4.29. The Hall–Kier alpha value is -3.17. The number of aromatic nitrogens is 2. The van der Waals surface area contributed by atoms with Gasteiger partial charge in [0.05, 0.1) is 18.0 Å². The van der Waals surface area contributed by atoms with Crippen LogP contribution in [0.1, 0.15) is 42.6 Å². The number of nitrogens with one attached hydrogen (secondary N) is 1. The molecule has 4 rings (SSSR count). The van der Waals surface area contributed by atoms with E-state index < -0.39 is 15.6 Å². The van der Waals surface area contributed by atoms with E-state index in [2.05, 4.69) is 10.3 Å². The predicted molar refractivity (Wildman–Crippen MR) is 129 cm³/mol. The van der Waals surface area contributed by atoms with Gasteiger partial charge in [-0.3, -0.25) is 4.79 Å². The molecule has 1 amide bonds. The minimum Gasteiger partial charge on any atom is -0.491 e. The molecule has 1 saturated heterocycles. The Morgan fingerprint density at radius 3 is 2.44 bits per heavy atom. The van der Waals surface area contributed by atoms with E-state index in [1.807, 2.05) is 44.2 Å². The molecular weight excluding hydrogens is 452 g/mol. The fourth-order valence-corrected chi connectivity index (χ4v) is 5.79. The quantitative estimate of drug-likeness (QED) is 0.558. The molecule has 1 aliphatic rings. The maximum absolute atomic E-state index is 13.3. The van der Waals surface area contributed by atoms with Crippen molar-refractivity contribution in [3.05, 3.63) is 78.2 Å². The molecule has 3 aromatic rings. The van der Waals surface area contributed by atoms with E-state index in [9.17, 15) is 13.2 Å². The Morgan fingerprint density at radius 2 is 1.82 bits per heavy atom. The number of sulfonamides is 1. The molecule has 1 aliphatic heterocycles. The smallest absolute Gasteiger partial charge is 0.262 e. The summed E-state index contributed by atoms with van der Waals surface area (Å²) in [7, 11) is -2.07. The number of hydrogen-bond acceptors (Lipinski definition) is 5. The van der Waals surface area contributed by atoms with E-state index in [4.69, 9.17) is 4.74 Å². The van der Waals surface area contributed by atoms with Crippen LogP contribution < -0.4 is 10.1 Å². The molecule has 0 radical (unpaired) electrons. The summed E-state index contributed by atoms with van der Waals surface area (Å²) in [6.07, 6.45) is 4.22. The van der Waals surface area contributed by atoms with Gasteiger partial charge in [0, 0.05) is 31.9 Å². The lowest BCUT2D eigenvalue weighted by atomic mass is 9.82. The third-order valence-electron chi connectivity index (χ3n) is 5.91. The molecule has 1 atom stereocenters. The summed E-state index contributed by atoms with van der Waals surface area (Å²) in [4.78, 5) is 17.4. The van der Waals surface area contributed by atoms with Gasteiger partial charge in [-0.05, 0) is 56.5 Å². The standard InChI is InChI=1S/C25H30N4O4S/c1-19(2)33-22-12-10-20(11-13-22)24(30)27-25(21-8-5-4-6-9-21)14-7-15-29(17-25)34(31,32)23-16-28(3)18-26-23/h4-6,8-13,16,18-19H,7,14-15,17H2,1-3H3,(H,27,30). The predicted octanol–water partition coefficient (Wildman–Crippen LogP) is 3.32. The van der Waals surface area contributed by atoms with Gasteiger partial charge in [-0.1, -0.05) is 30.3 Å². The molecule has 0 spiro atoms. The summed E-state index contributed by atoms with van der Waals surface area (Å²) in [6, 6.07) is 16.5. The molecule has 0 saturated carbocycles. The molecule has 1 unspecified atom stereocenters. The minimum atomic E-state index is -3.80.